The van der Waals surface area contributed by atoms with Crippen molar-refractivity contribution in [2.45, 2.75) is 75.9 Å². The van der Waals surface area contributed by atoms with Crippen molar-refractivity contribution in [3.8, 4) is 5.75 Å². The van der Waals surface area contributed by atoms with Gasteiger partial charge in [0.2, 0.25) is 0 Å². The highest BCUT2D eigenvalue weighted by atomic mass is 35.5. The van der Waals surface area contributed by atoms with Gasteiger partial charge < -0.3 is 14.4 Å². The van der Waals surface area contributed by atoms with E-state index in [0.29, 0.717) is 51.3 Å². The van der Waals surface area contributed by atoms with Crippen LogP contribution in [0.25, 0.3) is 0 Å². The van der Waals surface area contributed by atoms with Crippen molar-refractivity contribution in [1.29, 1.82) is 0 Å². The molecule has 1 saturated heterocycles. The average Bonchev–Trinajstić information content (AvgIpc) is 3.40. The number of ether oxygens (including phenoxy) is 2. The van der Waals surface area contributed by atoms with Crippen molar-refractivity contribution < 1.29 is 27.5 Å². The summed E-state index contributed by atoms with van der Waals surface area (Å²) in [7, 11) is -4.07. The van der Waals surface area contributed by atoms with Crippen LogP contribution in [-0.4, -0.2) is 63.0 Å². The van der Waals surface area contributed by atoms with Crippen LogP contribution in [0, 0.1) is 11.8 Å². The molecule has 7 rings (SSSR count). The van der Waals surface area contributed by atoms with Crippen molar-refractivity contribution in [1.82, 2.24) is 9.03 Å². The Bertz CT molecular complexity index is 1650. The fourth-order valence-electron chi connectivity index (χ4n) is 8.22. The van der Waals surface area contributed by atoms with Crippen LogP contribution in [0.4, 0.5) is 5.69 Å². The quantitative estimate of drug-likeness (QED) is 0.335. The molecule has 2 aromatic carbocycles. The van der Waals surface area contributed by atoms with E-state index in [1.165, 1.54) is 22.4 Å². The fraction of sp³-hybridized carbons (Fsp3) is 0.529. The SMILES string of the molecule is CC(=O)O[C@H]1/C=C\C[C@H]2CCCN2S(=O)(=O)NC(=O)c2ccc3c(c2)N(C[C@@H]2CC[C@H]21)C[C@@]1(CCCc2cc(Cl)ccc21)CO3. The summed E-state index contributed by atoms with van der Waals surface area (Å²) in [6.07, 6.45) is 10.3. The van der Waals surface area contributed by atoms with Crippen LogP contribution in [0.2, 0.25) is 5.02 Å². The first-order valence-corrected chi connectivity index (χ1v) is 17.9. The second-order valence-corrected chi connectivity index (χ2v) is 15.4. The molecule has 0 unspecified atom stereocenters. The molecule has 2 fully saturated rings. The van der Waals surface area contributed by atoms with Crippen molar-refractivity contribution >= 4 is 39.4 Å². The van der Waals surface area contributed by atoms with E-state index < -0.39 is 16.1 Å². The average molecular weight is 654 g/mol. The summed E-state index contributed by atoms with van der Waals surface area (Å²) in [5.41, 5.74) is 3.24. The van der Waals surface area contributed by atoms with Gasteiger partial charge in [-0.05, 0) is 105 Å². The summed E-state index contributed by atoms with van der Waals surface area (Å²) in [4.78, 5) is 28.0. The number of nitrogens with one attached hydrogen (secondary N) is 1. The number of halogens is 1. The molecule has 0 aromatic heterocycles. The molecule has 3 heterocycles. The van der Waals surface area contributed by atoms with E-state index in [9.17, 15) is 18.0 Å². The van der Waals surface area contributed by atoms with Crippen LogP contribution in [0.3, 0.4) is 0 Å². The maximum absolute atomic E-state index is 13.5. The van der Waals surface area contributed by atoms with Crippen molar-refractivity contribution in [3.63, 3.8) is 0 Å². The molecule has 2 aliphatic carbocycles. The van der Waals surface area contributed by atoms with Crippen LogP contribution in [0.15, 0.2) is 48.6 Å². The van der Waals surface area contributed by atoms with Gasteiger partial charge in [-0.25, -0.2) is 4.72 Å². The topological polar surface area (TPSA) is 105 Å². The van der Waals surface area contributed by atoms with Gasteiger partial charge in [-0.2, -0.15) is 12.7 Å². The van der Waals surface area contributed by atoms with Gasteiger partial charge in [-0.3, -0.25) is 9.59 Å². The minimum absolute atomic E-state index is 0.133. The minimum atomic E-state index is -4.07. The number of hydrogen-bond acceptors (Lipinski definition) is 7. The molecular weight excluding hydrogens is 614 g/mol. The number of hydrogen-bond donors (Lipinski definition) is 1. The van der Waals surface area contributed by atoms with Gasteiger partial charge in [0.05, 0.1) is 12.3 Å². The van der Waals surface area contributed by atoms with E-state index in [-0.39, 0.29) is 40.9 Å². The molecule has 240 valence electrons. The Hall–Kier alpha value is -3.08. The summed E-state index contributed by atoms with van der Waals surface area (Å²) >= 11 is 6.41. The lowest BCUT2D eigenvalue weighted by Crippen LogP contribution is -2.50. The zero-order valence-corrected chi connectivity index (χ0v) is 27.1. The summed E-state index contributed by atoms with van der Waals surface area (Å²) < 4.78 is 43.1. The third-order valence-corrected chi connectivity index (χ3v) is 12.3. The number of anilines is 1. The number of aryl methyl sites for hydroxylation is 1. The maximum atomic E-state index is 13.5. The van der Waals surface area contributed by atoms with Crippen LogP contribution < -0.4 is 14.4 Å². The number of benzene rings is 2. The van der Waals surface area contributed by atoms with E-state index in [0.717, 1.165) is 42.8 Å². The lowest BCUT2D eigenvalue weighted by Gasteiger charge is -2.46. The zero-order valence-electron chi connectivity index (χ0n) is 25.5. The molecule has 2 bridgehead atoms. The lowest BCUT2D eigenvalue weighted by atomic mass is 9.68. The molecule has 45 heavy (non-hydrogen) atoms. The monoisotopic (exact) mass is 653 g/mol. The number of rotatable bonds is 1. The first kappa shape index (κ1) is 30.6. The predicted molar refractivity (Wildman–Crippen MR) is 172 cm³/mol. The molecule has 5 aliphatic rings. The Kier molecular flexibility index (Phi) is 8.11. The number of carbonyl (C=O) groups excluding carboxylic acids is 2. The van der Waals surface area contributed by atoms with E-state index in [4.69, 9.17) is 21.1 Å². The van der Waals surface area contributed by atoms with Crippen molar-refractivity contribution in [2.24, 2.45) is 11.8 Å². The Balaban J connectivity index is 1.31. The van der Waals surface area contributed by atoms with Gasteiger partial charge in [0.15, 0.2) is 0 Å². The first-order chi connectivity index (χ1) is 21.6. The molecule has 11 heteroatoms. The molecule has 3 aliphatic heterocycles. The molecule has 9 nitrogen and oxygen atoms in total. The second kappa shape index (κ2) is 11.9. The van der Waals surface area contributed by atoms with E-state index in [2.05, 4.69) is 21.8 Å². The molecule has 0 radical (unpaired) electrons. The van der Waals surface area contributed by atoms with Crippen LogP contribution >= 0.6 is 11.6 Å². The molecule has 1 amide bonds. The van der Waals surface area contributed by atoms with Gasteiger partial charge in [0.25, 0.3) is 5.91 Å². The summed E-state index contributed by atoms with van der Waals surface area (Å²) in [6, 6.07) is 11.1. The normalized spacial score (nSPS) is 31.7. The molecule has 1 saturated carbocycles. The number of nitrogens with zero attached hydrogens (tertiary/aromatic N) is 2. The highest BCUT2D eigenvalue weighted by Gasteiger charge is 2.45. The van der Waals surface area contributed by atoms with Crippen LogP contribution in [0.5, 0.6) is 5.75 Å². The van der Waals surface area contributed by atoms with Gasteiger partial charge in [-0.15, -0.1) is 0 Å². The minimum Gasteiger partial charge on any atom is -0.490 e. The Labute approximate surface area is 270 Å². The van der Waals surface area contributed by atoms with Crippen LogP contribution in [-0.2, 0) is 31.6 Å². The predicted octanol–water partition coefficient (Wildman–Crippen LogP) is 5.17. The fourth-order valence-corrected chi connectivity index (χ4v) is 9.84. The first-order valence-electron chi connectivity index (χ1n) is 16.1. The molecular formula is C34H40ClN3O6S. The van der Waals surface area contributed by atoms with Gasteiger partial charge in [0, 0.05) is 54.5 Å². The van der Waals surface area contributed by atoms with E-state index in [1.54, 1.807) is 18.2 Å². The highest BCUT2D eigenvalue weighted by Crippen LogP contribution is 2.47. The zero-order chi connectivity index (χ0) is 31.3. The molecule has 5 atom stereocenters. The number of esters is 1. The van der Waals surface area contributed by atoms with Gasteiger partial charge in [0.1, 0.15) is 11.9 Å². The molecule has 1 N–H and O–H groups in total. The van der Waals surface area contributed by atoms with Gasteiger partial charge >= 0.3 is 16.2 Å². The van der Waals surface area contributed by atoms with E-state index >= 15 is 0 Å². The molecule has 2 aromatic rings. The Morgan fingerprint density at radius 1 is 1.13 bits per heavy atom. The maximum Gasteiger partial charge on any atom is 0.304 e. The second-order valence-electron chi connectivity index (χ2n) is 13.4. The smallest absolute Gasteiger partial charge is 0.304 e. The third-order valence-electron chi connectivity index (χ3n) is 10.5. The van der Waals surface area contributed by atoms with Gasteiger partial charge in [-0.1, -0.05) is 23.7 Å². The summed E-state index contributed by atoms with van der Waals surface area (Å²) in [5.74, 6) is 0.0737. The Morgan fingerprint density at radius 2 is 2.00 bits per heavy atom. The number of carbonyl (C=O) groups is 2. The third kappa shape index (κ3) is 5.85. The number of amides is 1. The van der Waals surface area contributed by atoms with Crippen LogP contribution in [0.1, 0.15) is 73.4 Å². The summed E-state index contributed by atoms with van der Waals surface area (Å²) in [5, 5.41) is 0.723. The Morgan fingerprint density at radius 3 is 2.80 bits per heavy atom. The molecule has 1 spiro atoms. The largest absolute Gasteiger partial charge is 0.490 e. The van der Waals surface area contributed by atoms with Crippen molar-refractivity contribution in [3.05, 3.63) is 70.3 Å². The standard InChI is InChI=1S/C34H40ClN3O6S/c1-22(39)44-31-8-2-6-27-7-4-16-38(27)45(41,42)36-33(40)24-10-14-32-30(18-24)37(19-25-9-12-28(25)31)20-34(21-43-32)15-3-5-23-17-26(35)11-13-29(23)34/h2,8,10-11,13-14,17-18,25,27-28,31H,3-7,9,12,15-16,19-21H2,1H3,(H,36,40)/b8-2-/t25-,27-,28+,31-,34-/m0/s1. The highest BCUT2D eigenvalue weighted by molar-refractivity contribution is 7.87. The van der Waals surface area contributed by atoms with E-state index in [1.807, 2.05) is 18.2 Å². The number of fused-ring (bicyclic) bond motifs is 5. The lowest BCUT2D eigenvalue weighted by molar-refractivity contribution is -0.149. The van der Waals surface area contributed by atoms with Crippen molar-refractivity contribution in [2.75, 3.05) is 31.1 Å². The summed E-state index contributed by atoms with van der Waals surface area (Å²) in [6.45, 7) is 3.63.